The molecule has 82 valence electrons. The highest BCUT2D eigenvalue weighted by Crippen LogP contribution is 2.17. The van der Waals surface area contributed by atoms with Gasteiger partial charge in [0.15, 0.2) is 0 Å². The monoisotopic (exact) mass is 206 g/mol. The average Bonchev–Trinajstić information content (AvgIpc) is 2.22. The van der Waals surface area contributed by atoms with Crippen molar-refractivity contribution < 1.29 is 4.79 Å². The largest absolute Gasteiger partial charge is 0.398 e. The molecule has 3 nitrogen and oxygen atoms in total. The molecule has 1 atom stereocenters. The van der Waals surface area contributed by atoms with Gasteiger partial charge >= 0.3 is 0 Å². The van der Waals surface area contributed by atoms with Crippen LogP contribution in [-0.4, -0.2) is 5.91 Å². The molecule has 0 fully saturated rings. The van der Waals surface area contributed by atoms with Crippen LogP contribution in [0.3, 0.4) is 0 Å². The van der Waals surface area contributed by atoms with E-state index in [0.717, 1.165) is 17.7 Å². The van der Waals surface area contributed by atoms with Crippen LogP contribution in [0.5, 0.6) is 0 Å². The Hall–Kier alpha value is -1.51. The van der Waals surface area contributed by atoms with Crippen LogP contribution in [-0.2, 0) is 4.79 Å². The first-order chi connectivity index (χ1) is 7.04. The van der Waals surface area contributed by atoms with E-state index in [0.29, 0.717) is 5.69 Å². The molecule has 0 aromatic heterocycles. The summed E-state index contributed by atoms with van der Waals surface area (Å²) in [4.78, 5) is 11.6. The van der Waals surface area contributed by atoms with Gasteiger partial charge in [0, 0.05) is 17.3 Å². The van der Waals surface area contributed by atoms with Gasteiger partial charge in [-0.3, -0.25) is 4.79 Å². The molecule has 0 heterocycles. The Kier molecular flexibility index (Phi) is 3.72. The van der Waals surface area contributed by atoms with Crippen LogP contribution in [0.2, 0.25) is 0 Å². The maximum absolute atomic E-state index is 11.6. The van der Waals surface area contributed by atoms with Crippen LogP contribution >= 0.6 is 0 Å². The number of nitrogens with two attached hydrogens (primary N) is 1. The van der Waals surface area contributed by atoms with Crippen LogP contribution in [0.1, 0.15) is 25.8 Å². The lowest BCUT2D eigenvalue weighted by molar-refractivity contribution is -0.119. The van der Waals surface area contributed by atoms with Crippen LogP contribution in [0, 0.1) is 12.8 Å². The van der Waals surface area contributed by atoms with E-state index >= 15 is 0 Å². The van der Waals surface area contributed by atoms with Crippen molar-refractivity contribution in [2.75, 3.05) is 11.1 Å². The molecular formula is C12H18N2O. The third-order valence-electron chi connectivity index (χ3n) is 2.61. The van der Waals surface area contributed by atoms with Crippen molar-refractivity contribution >= 4 is 17.3 Å². The Labute approximate surface area is 90.7 Å². The second-order valence-electron chi connectivity index (χ2n) is 3.87. The fourth-order valence-electron chi connectivity index (χ4n) is 1.17. The second-order valence-corrected chi connectivity index (χ2v) is 3.87. The summed E-state index contributed by atoms with van der Waals surface area (Å²) in [7, 11) is 0. The highest BCUT2D eigenvalue weighted by Gasteiger charge is 2.10. The highest BCUT2D eigenvalue weighted by molar-refractivity contribution is 5.92. The first-order valence-corrected chi connectivity index (χ1v) is 5.21. The number of rotatable bonds is 3. The van der Waals surface area contributed by atoms with Gasteiger partial charge in [0.05, 0.1) is 0 Å². The zero-order chi connectivity index (χ0) is 11.4. The van der Waals surface area contributed by atoms with Gasteiger partial charge in [-0.25, -0.2) is 0 Å². The standard InChI is InChI=1S/C12H18N2O/c1-4-8(2)12(15)14-10-6-5-9(3)11(13)7-10/h5-8H,4,13H2,1-3H3,(H,14,15)/t8-/m0/s1. The summed E-state index contributed by atoms with van der Waals surface area (Å²) >= 11 is 0. The maximum atomic E-state index is 11.6. The Morgan fingerprint density at radius 2 is 2.20 bits per heavy atom. The third kappa shape index (κ3) is 2.98. The molecule has 0 radical (unpaired) electrons. The van der Waals surface area contributed by atoms with E-state index in [4.69, 9.17) is 5.73 Å². The Morgan fingerprint density at radius 3 is 2.73 bits per heavy atom. The Morgan fingerprint density at radius 1 is 1.53 bits per heavy atom. The number of carbonyl (C=O) groups is 1. The minimum atomic E-state index is 0.0347. The Bertz CT molecular complexity index is 361. The lowest BCUT2D eigenvalue weighted by Crippen LogP contribution is -2.19. The lowest BCUT2D eigenvalue weighted by Gasteiger charge is -2.11. The molecule has 1 rings (SSSR count). The van der Waals surface area contributed by atoms with Crippen molar-refractivity contribution in [3.05, 3.63) is 23.8 Å². The molecule has 0 spiro atoms. The van der Waals surface area contributed by atoms with Gasteiger partial charge in [0.25, 0.3) is 0 Å². The van der Waals surface area contributed by atoms with Crippen molar-refractivity contribution in [1.82, 2.24) is 0 Å². The van der Waals surface area contributed by atoms with E-state index in [1.165, 1.54) is 0 Å². The third-order valence-corrected chi connectivity index (χ3v) is 2.61. The second kappa shape index (κ2) is 4.82. The van der Waals surface area contributed by atoms with E-state index < -0.39 is 0 Å². The molecule has 0 saturated carbocycles. The topological polar surface area (TPSA) is 55.1 Å². The lowest BCUT2D eigenvalue weighted by atomic mass is 10.1. The number of aryl methyl sites for hydroxylation is 1. The molecule has 3 N–H and O–H groups in total. The van der Waals surface area contributed by atoms with E-state index in [1.807, 2.05) is 32.9 Å². The predicted octanol–water partition coefficient (Wildman–Crippen LogP) is 2.56. The number of nitrogens with one attached hydrogen (secondary N) is 1. The summed E-state index contributed by atoms with van der Waals surface area (Å²) < 4.78 is 0. The van der Waals surface area contributed by atoms with Crippen molar-refractivity contribution in [3.63, 3.8) is 0 Å². The van der Waals surface area contributed by atoms with Crippen LogP contribution < -0.4 is 11.1 Å². The molecule has 3 heteroatoms. The van der Waals surface area contributed by atoms with Crippen LogP contribution in [0.4, 0.5) is 11.4 Å². The minimum absolute atomic E-state index is 0.0347. The molecule has 0 aliphatic heterocycles. The molecule has 0 unspecified atom stereocenters. The molecule has 15 heavy (non-hydrogen) atoms. The van der Waals surface area contributed by atoms with Gasteiger partial charge in [-0.05, 0) is 31.0 Å². The van der Waals surface area contributed by atoms with Crippen molar-refractivity contribution in [1.29, 1.82) is 0 Å². The number of hydrogen-bond donors (Lipinski definition) is 2. The number of amides is 1. The molecule has 0 aliphatic carbocycles. The predicted molar refractivity (Wildman–Crippen MR) is 63.7 cm³/mol. The molecule has 0 bridgehead atoms. The first-order valence-electron chi connectivity index (χ1n) is 5.21. The van der Waals surface area contributed by atoms with E-state index in [-0.39, 0.29) is 11.8 Å². The van der Waals surface area contributed by atoms with Crippen molar-refractivity contribution in [2.45, 2.75) is 27.2 Å². The van der Waals surface area contributed by atoms with Gasteiger partial charge in [0.2, 0.25) is 5.91 Å². The molecule has 1 aromatic carbocycles. The van der Waals surface area contributed by atoms with E-state index in [1.54, 1.807) is 6.07 Å². The van der Waals surface area contributed by atoms with Gasteiger partial charge in [-0.15, -0.1) is 0 Å². The smallest absolute Gasteiger partial charge is 0.227 e. The van der Waals surface area contributed by atoms with Crippen LogP contribution in [0.15, 0.2) is 18.2 Å². The van der Waals surface area contributed by atoms with Crippen molar-refractivity contribution in [2.24, 2.45) is 5.92 Å². The SMILES string of the molecule is CC[C@H](C)C(=O)Nc1ccc(C)c(N)c1. The van der Waals surface area contributed by atoms with Gasteiger partial charge < -0.3 is 11.1 Å². The quantitative estimate of drug-likeness (QED) is 0.747. The number of carbonyl (C=O) groups excluding carboxylic acids is 1. The number of benzene rings is 1. The summed E-state index contributed by atoms with van der Waals surface area (Å²) in [5.41, 5.74) is 8.25. The summed E-state index contributed by atoms with van der Waals surface area (Å²) in [6.45, 7) is 5.84. The molecular weight excluding hydrogens is 188 g/mol. The number of nitrogen functional groups attached to an aromatic ring is 1. The summed E-state index contributed by atoms with van der Waals surface area (Å²) in [6, 6.07) is 5.56. The first kappa shape index (κ1) is 11.6. The minimum Gasteiger partial charge on any atom is -0.398 e. The summed E-state index contributed by atoms with van der Waals surface area (Å²) in [5, 5.41) is 2.84. The molecule has 1 aromatic rings. The Balaban J connectivity index is 2.73. The summed E-state index contributed by atoms with van der Waals surface area (Å²) in [6.07, 6.45) is 0.840. The van der Waals surface area contributed by atoms with Crippen molar-refractivity contribution in [3.8, 4) is 0 Å². The number of hydrogen-bond acceptors (Lipinski definition) is 2. The zero-order valence-electron chi connectivity index (χ0n) is 9.50. The molecule has 1 amide bonds. The van der Waals surface area contributed by atoms with Crippen LogP contribution in [0.25, 0.3) is 0 Å². The van der Waals surface area contributed by atoms with Gasteiger partial charge in [-0.1, -0.05) is 19.9 Å². The normalized spacial score (nSPS) is 12.2. The summed E-state index contributed by atoms with van der Waals surface area (Å²) in [5.74, 6) is 0.0771. The van der Waals surface area contributed by atoms with E-state index in [9.17, 15) is 4.79 Å². The van der Waals surface area contributed by atoms with Gasteiger partial charge in [0.1, 0.15) is 0 Å². The fraction of sp³-hybridized carbons (Fsp3) is 0.417. The highest BCUT2D eigenvalue weighted by atomic mass is 16.1. The van der Waals surface area contributed by atoms with E-state index in [2.05, 4.69) is 5.32 Å². The molecule has 0 aliphatic rings. The maximum Gasteiger partial charge on any atom is 0.227 e. The number of anilines is 2. The van der Waals surface area contributed by atoms with Gasteiger partial charge in [-0.2, -0.15) is 0 Å². The fourth-order valence-corrected chi connectivity index (χ4v) is 1.17. The molecule has 0 saturated heterocycles. The zero-order valence-corrected chi connectivity index (χ0v) is 9.50. The average molecular weight is 206 g/mol.